The van der Waals surface area contributed by atoms with Crippen molar-refractivity contribution in [3.63, 3.8) is 0 Å². The number of aromatic nitrogens is 2. The van der Waals surface area contributed by atoms with Gasteiger partial charge in [-0.15, -0.1) is 0 Å². The Morgan fingerprint density at radius 2 is 0.968 bits per heavy atom. The van der Waals surface area contributed by atoms with Gasteiger partial charge in [0, 0.05) is 85.4 Å². The van der Waals surface area contributed by atoms with Crippen LogP contribution in [0.5, 0.6) is 23.0 Å². The lowest BCUT2D eigenvalue weighted by molar-refractivity contribution is 0.282. The van der Waals surface area contributed by atoms with E-state index in [9.17, 15) is 20.7 Å². The van der Waals surface area contributed by atoms with E-state index in [0.717, 1.165) is 55.6 Å². The van der Waals surface area contributed by atoms with Crippen molar-refractivity contribution in [2.75, 3.05) is 26.3 Å². The van der Waals surface area contributed by atoms with Crippen LogP contribution in [0, 0.1) is 36.5 Å². The Kier molecular flexibility index (Phi) is 16.5. The maximum atomic E-state index is 9.31. The van der Waals surface area contributed by atoms with E-state index in [4.69, 9.17) is 42.1 Å². The summed E-state index contributed by atoms with van der Waals surface area (Å²) in [7, 11) is 0. The van der Waals surface area contributed by atoms with Crippen LogP contribution in [0.2, 0.25) is 10.0 Å². The van der Waals surface area contributed by atoms with Crippen LogP contribution in [0.15, 0.2) is 97.6 Å². The van der Waals surface area contributed by atoms with Crippen molar-refractivity contribution in [1.82, 2.24) is 20.6 Å². The van der Waals surface area contributed by atoms with E-state index in [1.807, 2.05) is 24.3 Å². The van der Waals surface area contributed by atoms with E-state index in [1.165, 1.54) is 12.4 Å². The highest BCUT2D eigenvalue weighted by Gasteiger charge is 2.17. The zero-order valence-corrected chi connectivity index (χ0v) is 35.9. The number of nitrogens with zero attached hydrogens (tertiary/aromatic N) is 4. The van der Waals surface area contributed by atoms with Crippen LogP contribution in [0.25, 0.3) is 11.1 Å². The number of aliphatic hydroxyl groups excluding tert-OH is 2. The van der Waals surface area contributed by atoms with Gasteiger partial charge in [0.1, 0.15) is 61.6 Å². The number of hydrogen-bond donors (Lipinski definition) is 4. The summed E-state index contributed by atoms with van der Waals surface area (Å²) in [5.74, 6) is 1.99. The summed E-state index contributed by atoms with van der Waals surface area (Å²) < 4.78 is 25.1. The number of benzene rings is 4. The predicted molar refractivity (Wildman–Crippen MR) is 237 cm³/mol. The van der Waals surface area contributed by atoms with E-state index >= 15 is 0 Å². The summed E-state index contributed by atoms with van der Waals surface area (Å²) in [6, 6.07) is 27.0. The van der Waals surface area contributed by atoms with Crippen molar-refractivity contribution in [2.45, 2.75) is 53.4 Å². The van der Waals surface area contributed by atoms with E-state index in [0.29, 0.717) is 70.3 Å². The number of halogens is 2. The summed E-state index contributed by atoms with van der Waals surface area (Å²) in [6.07, 6.45) is 6.30. The number of aliphatic hydroxyl groups is 2. The van der Waals surface area contributed by atoms with Crippen LogP contribution in [0.1, 0.15) is 55.6 Å². The molecule has 2 aromatic heterocycles. The highest BCUT2D eigenvalue weighted by Crippen LogP contribution is 2.37. The third-order valence-electron chi connectivity index (χ3n) is 10.0. The van der Waals surface area contributed by atoms with Crippen molar-refractivity contribution < 1.29 is 29.2 Å². The smallest absolute Gasteiger partial charge is 0.142 e. The second-order valence-electron chi connectivity index (χ2n) is 14.3. The standard InChI is InChI=1S/C48H46Cl2N6O6/c1-31-37(29-61-47-17-45(39(15-43(47)49)25-53-9-11-57)59-27-35-13-33(19-51)21-55-23-35)5-3-7-41(31)42-8-4-6-38(32(42)2)30-62-48-18-46(40(16-44(48)50)26-54-10-12-58)60-28-36-14-34(20-52)22-56-24-36/h3-8,13-18,21-24,53-54,57-58H,9-12,25-30H2,1-2H3. The van der Waals surface area contributed by atoms with Gasteiger partial charge in [0.2, 0.25) is 0 Å². The summed E-state index contributed by atoms with van der Waals surface area (Å²) in [6.45, 7) is 6.57. The molecule has 62 heavy (non-hydrogen) atoms. The molecule has 0 aliphatic rings. The Labute approximate surface area is 371 Å². The molecule has 0 radical (unpaired) electrons. The molecule has 6 aromatic rings. The SMILES string of the molecule is Cc1c(COc2cc(OCc3cncc(C#N)c3)c(CNCCO)cc2Cl)cccc1-c1cccc(COc2cc(OCc3cncc(C#N)c3)c(CNCCO)cc2Cl)c1C. The van der Waals surface area contributed by atoms with E-state index in [1.54, 1.807) is 48.8 Å². The Bertz CT molecular complexity index is 2400. The van der Waals surface area contributed by atoms with Crippen LogP contribution in [0.3, 0.4) is 0 Å². The van der Waals surface area contributed by atoms with Crippen LogP contribution in [0.4, 0.5) is 0 Å². The van der Waals surface area contributed by atoms with Gasteiger partial charge in [-0.3, -0.25) is 9.97 Å². The van der Waals surface area contributed by atoms with E-state index in [2.05, 4.69) is 58.7 Å². The Morgan fingerprint density at radius 1 is 0.548 bits per heavy atom. The predicted octanol–water partition coefficient (Wildman–Crippen LogP) is 8.29. The van der Waals surface area contributed by atoms with Crippen LogP contribution in [-0.4, -0.2) is 46.5 Å². The van der Waals surface area contributed by atoms with Crippen LogP contribution >= 0.6 is 23.2 Å². The molecule has 0 spiro atoms. The van der Waals surface area contributed by atoms with Gasteiger partial charge >= 0.3 is 0 Å². The second kappa shape index (κ2) is 22.6. The first-order valence-corrected chi connectivity index (χ1v) is 20.6. The molecular formula is C48H46Cl2N6O6. The van der Waals surface area contributed by atoms with Gasteiger partial charge in [0.05, 0.1) is 34.4 Å². The van der Waals surface area contributed by atoms with Gasteiger partial charge in [0.15, 0.2) is 0 Å². The van der Waals surface area contributed by atoms with Crippen molar-refractivity contribution in [3.05, 3.63) is 163 Å². The average molecular weight is 874 g/mol. The van der Waals surface area contributed by atoms with Gasteiger partial charge in [-0.25, -0.2) is 0 Å². The lowest BCUT2D eigenvalue weighted by atomic mass is 9.92. The molecule has 0 saturated carbocycles. The third kappa shape index (κ3) is 12.0. The molecule has 0 bridgehead atoms. The summed E-state index contributed by atoms with van der Waals surface area (Å²) in [4.78, 5) is 8.26. The molecule has 0 atom stereocenters. The molecule has 0 aliphatic carbocycles. The molecular weight excluding hydrogens is 827 g/mol. The fourth-order valence-electron chi connectivity index (χ4n) is 6.67. The molecule has 4 N–H and O–H groups in total. The average Bonchev–Trinajstić information content (AvgIpc) is 3.29. The van der Waals surface area contributed by atoms with E-state index in [-0.39, 0.29) is 39.6 Å². The minimum Gasteiger partial charge on any atom is -0.488 e. The lowest BCUT2D eigenvalue weighted by Crippen LogP contribution is -2.18. The molecule has 0 saturated heterocycles. The van der Waals surface area contributed by atoms with Gasteiger partial charge in [0.25, 0.3) is 0 Å². The molecule has 0 amide bonds. The molecule has 6 rings (SSSR count). The first-order chi connectivity index (χ1) is 30.2. The Balaban J connectivity index is 1.18. The number of nitriles is 2. The first kappa shape index (κ1) is 45.3. The number of ether oxygens (including phenoxy) is 4. The molecule has 318 valence electrons. The monoisotopic (exact) mass is 872 g/mol. The maximum Gasteiger partial charge on any atom is 0.142 e. The fraction of sp³-hybridized carbons (Fsp3) is 0.250. The maximum absolute atomic E-state index is 9.31. The summed E-state index contributed by atoms with van der Waals surface area (Å²) in [5, 5.41) is 44.4. The molecule has 0 aliphatic heterocycles. The number of hydrogen-bond acceptors (Lipinski definition) is 12. The summed E-state index contributed by atoms with van der Waals surface area (Å²) in [5.41, 5.74) is 10.0. The quantitative estimate of drug-likeness (QED) is 0.0511. The zero-order chi connectivity index (χ0) is 43.8. The molecule has 0 unspecified atom stereocenters. The van der Waals surface area contributed by atoms with E-state index < -0.39 is 0 Å². The highest BCUT2D eigenvalue weighted by molar-refractivity contribution is 6.32. The topological polar surface area (TPSA) is 175 Å². The van der Waals surface area contributed by atoms with Crippen molar-refractivity contribution in [1.29, 1.82) is 10.5 Å². The van der Waals surface area contributed by atoms with Gasteiger partial charge in [-0.2, -0.15) is 10.5 Å². The lowest BCUT2D eigenvalue weighted by Gasteiger charge is -2.19. The van der Waals surface area contributed by atoms with Crippen molar-refractivity contribution >= 4 is 23.2 Å². The normalized spacial score (nSPS) is 10.8. The minimum absolute atomic E-state index is 0.0125. The van der Waals surface area contributed by atoms with Gasteiger partial charge in [-0.1, -0.05) is 59.6 Å². The number of nitrogens with one attached hydrogen (secondary N) is 2. The van der Waals surface area contributed by atoms with Gasteiger partial charge < -0.3 is 39.8 Å². The Hall–Kier alpha value is -6.22. The Morgan fingerprint density at radius 3 is 1.37 bits per heavy atom. The number of rotatable bonds is 21. The highest BCUT2D eigenvalue weighted by atomic mass is 35.5. The minimum atomic E-state index is -0.0125. The van der Waals surface area contributed by atoms with Crippen LogP contribution in [-0.2, 0) is 39.5 Å². The van der Waals surface area contributed by atoms with Crippen LogP contribution < -0.4 is 29.6 Å². The zero-order valence-electron chi connectivity index (χ0n) is 34.4. The molecule has 12 nitrogen and oxygen atoms in total. The molecule has 14 heteroatoms. The van der Waals surface area contributed by atoms with Gasteiger partial charge in [-0.05, 0) is 71.5 Å². The van der Waals surface area contributed by atoms with Crippen molar-refractivity contribution in [2.24, 2.45) is 0 Å². The molecule has 2 heterocycles. The second-order valence-corrected chi connectivity index (χ2v) is 15.1. The third-order valence-corrected chi connectivity index (χ3v) is 10.6. The summed E-state index contributed by atoms with van der Waals surface area (Å²) >= 11 is 13.5. The van der Waals surface area contributed by atoms with Crippen molar-refractivity contribution in [3.8, 4) is 46.3 Å². The first-order valence-electron chi connectivity index (χ1n) is 19.9. The molecule has 4 aromatic carbocycles. The fourth-order valence-corrected chi connectivity index (χ4v) is 7.16. The largest absolute Gasteiger partial charge is 0.488 e. The number of pyridine rings is 2. The molecule has 0 fully saturated rings.